The van der Waals surface area contributed by atoms with Crippen molar-refractivity contribution in [2.45, 2.75) is 12.7 Å². The highest BCUT2D eigenvalue weighted by atomic mass is 35.5. The summed E-state index contributed by atoms with van der Waals surface area (Å²) in [5.41, 5.74) is 0.863. The van der Waals surface area contributed by atoms with Gasteiger partial charge in [-0.2, -0.15) is 0 Å². The highest BCUT2D eigenvalue weighted by molar-refractivity contribution is 6.37. The van der Waals surface area contributed by atoms with Gasteiger partial charge in [-0.05, 0) is 29.8 Å². The minimum Gasteiger partial charge on any atom is -0.505 e. The van der Waals surface area contributed by atoms with Crippen molar-refractivity contribution in [1.82, 2.24) is 10.2 Å². The number of nitrogens with zero attached hydrogens (tertiary/aromatic N) is 1. The second-order valence-corrected chi connectivity index (χ2v) is 7.43. The number of carbonyl (C=O) groups is 2. The van der Waals surface area contributed by atoms with Gasteiger partial charge in [0, 0.05) is 18.7 Å². The molecule has 0 radical (unpaired) electrons. The molecule has 0 bridgehead atoms. The average Bonchev–Trinajstić information content (AvgIpc) is 2.75. The molecule has 1 unspecified atom stereocenters. The second kappa shape index (κ2) is 9.97. The van der Waals surface area contributed by atoms with Gasteiger partial charge in [0.2, 0.25) is 0 Å². The number of amides is 2. The molecule has 3 rings (SSSR count). The third-order valence-electron chi connectivity index (χ3n) is 4.44. The summed E-state index contributed by atoms with van der Waals surface area (Å²) in [6, 6.07) is 8.29. The standard InChI is InChI=1S/C20H19Cl2FN2O5/c21-16-7-13(8-17(22)18(16)26)19(27)24-9-15-10-25(5-6-29-15)20(28)30-11-12-1-3-14(23)4-2-12/h1-4,7-8,15,26H,5-6,9-11H2,(H,24,27). The second-order valence-electron chi connectivity index (χ2n) is 6.62. The first kappa shape index (κ1) is 22.1. The van der Waals surface area contributed by atoms with Crippen LogP contribution in [0.1, 0.15) is 15.9 Å². The van der Waals surface area contributed by atoms with Gasteiger partial charge >= 0.3 is 6.09 Å². The Kier molecular flexibility index (Phi) is 7.36. The van der Waals surface area contributed by atoms with Gasteiger partial charge in [0.05, 0.1) is 29.3 Å². The van der Waals surface area contributed by atoms with E-state index >= 15 is 0 Å². The molecule has 2 aromatic rings. The van der Waals surface area contributed by atoms with E-state index in [-0.39, 0.29) is 46.9 Å². The first-order valence-corrected chi connectivity index (χ1v) is 9.83. The Balaban J connectivity index is 1.49. The number of halogens is 3. The molecule has 1 heterocycles. The smallest absolute Gasteiger partial charge is 0.410 e. The summed E-state index contributed by atoms with van der Waals surface area (Å²) in [6.07, 6.45) is -0.944. The molecule has 7 nitrogen and oxygen atoms in total. The van der Waals surface area contributed by atoms with Gasteiger partial charge in [0.25, 0.3) is 5.91 Å². The fourth-order valence-corrected chi connectivity index (χ4v) is 3.32. The Labute approximate surface area is 182 Å². The molecular weight excluding hydrogens is 438 g/mol. The number of hydrogen-bond acceptors (Lipinski definition) is 5. The van der Waals surface area contributed by atoms with Crippen molar-refractivity contribution in [2.75, 3.05) is 26.2 Å². The fourth-order valence-electron chi connectivity index (χ4n) is 2.83. The van der Waals surface area contributed by atoms with Crippen molar-refractivity contribution in [3.63, 3.8) is 0 Å². The molecular formula is C20H19Cl2FN2O5. The predicted molar refractivity (Wildman–Crippen MR) is 108 cm³/mol. The minimum absolute atomic E-state index is 0.0280. The SMILES string of the molecule is O=C(NCC1CN(C(=O)OCc2ccc(F)cc2)CCO1)c1cc(Cl)c(O)c(Cl)c1. The Morgan fingerprint density at radius 2 is 1.90 bits per heavy atom. The maximum Gasteiger partial charge on any atom is 0.410 e. The van der Waals surface area contributed by atoms with Gasteiger partial charge in [-0.15, -0.1) is 0 Å². The summed E-state index contributed by atoms with van der Waals surface area (Å²) >= 11 is 11.7. The highest BCUT2D eigenvalue weighted by Crippen LogP contribution is 2.32. The van der Waals surface area contributed by atoms with Crippen molar-refractivity contribution >= 4 is 35.2 Å². The van der Waals surface area contributed by atoms with Crippen molar-refractivity contribution in [2.24, 2.45) is 0 Å². The number of phenols is 1. The van der Waals surface area contributed by atoms with Crippen LogP contribution in [0.15, 0.2) is 36.4 Å². The highest BCUT2D eigenvalue weighted by Gasteiger charge is 2.26. The van der Waals surface area contributed by atoms with Gasteiger partial charge < -0.3 is 24.8 Å². The quantitative estimate of drug-likeness (QED) is 0.717. The van der Waals surface area contributed by atoms with Gasteiger partial charge in [0.15, 0.2) is 5.75 Å². The number of ether oxygens (including phenoxy) is 2. The van der Waals surface area contributed by atoms with E-state index in [0.717, 1.165) is 0 Å². The summed E-state index contributed by atoms with van der Waals surface area (Å²) in [6.45, 7) is 1.06. The number of carbonyl (C=O) groups excluding carboxylic acids is 2. The molecule has 1 aliphatic rings. The lowest BCUT2D eigenvalue weighted by Crippen LogP contribution is -2.49. The predicted octanol–water partition coefficient (Wildman–Crippen LogP) is 3.61. The van der Waals surface area contributed by atoms with Crippen molar-refractivity contribution in [3.05, 3.63) is 63.4 Å². The molecule has 0 spiro atoms. The molecule has 0 aromatic heterocycles. The molecule has 1 saturated heterocycles. The average molecular weight is 457 g/mol. The molecule has 0 aliphatic carbocycles. The molecule has 2 aromatic carbocycles. The lowest BCUT2D eigenvalue weighted by atomic mass is 10.2. The van der Waals surface area contributed by atoms with Crippen LogP contribution in [0.2, 0.25) is 10.0 Å². The van der Waals surface area contributed by atoms with E-state index in [1.165, 1.54) is 29.2 Å². The Hall–Kier alpha value is -2.55. The van der Waals surface area contributed by atoms with Crippen molar-refractivity contribution < 1.29 is 28.6 Å². The van der Waals surface area contributed by atoms with Crippen LogP contribution in [0.3, 0.4) is 0 Å². The lowest BCUT2D eigenvalue weighted by Gasteiger charge is -2.32. The molecule has 2 amide bonds. The first-order chi connectivity index (χ1) is 14.3. The zero-order valence-corrected chi connectivity index (χ0v) is 17.3. The third kappa shape index (κ3) is 5.75. The van der Waals surface area contributed by atoms with Crippen LogP contribution in [-0.2, 0) is 16.1 Å². The number of morpholine rings is 1. The lowest BCUT2D eigenvalue weighted by molar-refractivity contribution is -0.0263. The Morgan fingerprint density at radius 3 is 2.57 bits per heavy atom. The molecule has 10 heteroatoms. The molecule has 0 saturated carbocycles. The fraction of sp³-hybridized carbons (Fsp3) is 0.300. The van der Waals surface area contributed by atoms with Gasteiger partial charge in [0.1, 0.15) is 12.4 Å². The number of aromatic hydroxyl groups is 1. The van der Waals surface area contributed by atoms with Crippen LogP contribution in [0, 0.1) is 5.82 Å². The summed E-state index contributed by atoms with van der Waals surface area (Å²) < 4.78 is 23.8. The Bertz CT molecular complexity index is 903. The maximum atomic E-state index is 12.9. The zero-order valence-electron chi connectivity index (χ0n) is 15.7. The topological polar surface area (TPSA) is 88.1 Å². The van der Waals surface area contributed by atoms with E-state index in [0.29, 0.717) is 18.7 Å². The third-order valence-corrected chi connectivity index (χ3v) is 5.02. The van der Waals surface area contributed by atoms with Crippen LogP contribution >= 0.6 is 23.2 Å². The van der Waals surface area contributed by atoms with E-state index in [1.54, 1.807) is 12.1 Å². The zero-order chi connectivity index (χ0) is 21.7. The van der Waals surface area contributed by atoms with Gasteiger partial charge in [-0.25, -0.2) is 9.18 Å². The number of hydrogen-bond donors (Lipinski definition) is 2. The number of nitrogens with one attached hydrogen (secondary N) is 1. The number of phenolic OH excluding ortho intramolecular Hbond substituents is 1. The molecule has 30 heavy (non-hydrogen) atoms. The molecule has 160 valence electrons. The molecule has 1 aliphatic heterocycles. The summed E-state index contributed by atoms with van der Waals surface area (Å²) in [4.78, 5) is 26.1. The van der Waals surface area contributed by atoms with Crippen molar-refractivity contribution in [3.8, 4) is 5.75 Å². The van der Waals surface area contributed by atoms with E-state index in [4.69, 9.17) is 32.7 Å². The van der Waals surface area contributed by atoms with Crippen LogP contribution < -0.4 is 5.32 Å². The van der Waals surface area contributed by atoms with E-state index in [2.05, 4.69) is 5.32 Å². The van der Waals surface area contributed by atoms with Crippen molar-refractivity contribution in [1.29, 1.82) is 0 Å². The molecule has 1 atom stereocenters. The number of benzene rings is 2. The van der Waals surface area contributed by atoms with E-state index in [1.807, 2.05) is 0 Å². The summed E-state index contributed by atoms with van der Waals surface area (Å²) in [5.74, 6) is -1.10. The summed E-state index contributed by atoms with van der Waals surface area (Å²) in [7, 11) is 0. The van der Waals surface area contributed by atoms with Gasteiger partial charge in [-0.1, -0.05) is 35.3 Å². The van der Waals surface area contributed by atoms with Gasteiger partial charge in [-0.3, -0.25) is 4.79 Å². The van der Waals surface area contributed by atoms with Crippen LogP contribution in [0.25, 0.3) is 0 Å². The number of rotatable bonds is 5. The van der Waals surface area contributed by atoms with Crippen LogP contribution in [0.5, 0.6) is 5.75 Å². The maximum absolute atomic E-state index is 12.9. The molecule has 2 N–H and O–H groups in total. The van der Waals surface area contributed by atoms with Crippen LogP contribution in [0.4, 0.5) is 9.18 Å². The normalized spacial score (nSPS) is 16.2. The minimum atomic E-state index is -0.518. The van der Waals surface area contributed by atoms with E-state index < -0.39 is 18.1 Å². The molecule has 1 fully saturated rings. The monoisotopic (exact) mass is 456 g/mol. The summed E-state index contributed by atoms with van der Waals surface area (Å²) in [5, 5.41) is 12.2. The largest absolute Gasteiger partial charge is 0.505 e. The van der Waals surface area contributed by atoms with E-state index in [9.17, 15) is 19.1 Å². The Morgan fingerprint density at radius 1 is 1.23 bits per heavy atom. The first-order valence-electron chi connectivity index (χ1n) is 9.07. The van der Waals surface area contributed by atoms with Crippen LogP contribution in [-0.4, -0.2) is 54.4 Å².